The van der Waals surface area contributed by atoms with Gasteiger partial charge >= 0.3 is 0 Å². The smallest absolute Gasteiger partial charge is 0.121 e. The van der Waals surface area contributed by atoms with Gasteiger partial charge in [0.05, 0.1) is 0 Å². The average Bonchev–Trinajstić information content (AvgIpc) is 2.65. The van der Waals surface area contributed by atoms with Crippen molar-refractivity contribution in [3.63, 3.8) is 0 Å². The number of rotatable bonds is 6. The van der Waals surface area contributed by atoms with Crippen LogP contribution >= 0.6 is 0 Å². The largest absolute Gasteiger partial charge is 0.492 e. The lowest BCUT2D eigenvalue weighted by molar-refractivity contribution is 0.212. The van der Waals surface area contributed by atoms with Gasteiger partial charge in [0, 0.05) is 18.3 Å². The second-order valence-electron chi connectivity index (χ2n) is 5.85. The van der Waals surface area contributed by atoms with Gasteiger partial charge in [0.1, 0.15) is 12.4 Å². The van der Waals surface area contributed by atoms with Crippen LogP contribution in [0.3, 0.4) is 0 Å². The fourth-order valence-electron chi connectivity index (χ4n) is 3.04. The van der Waals surface area contributed by atoms with Crippen molar-refractivity contribution in [2.45, 2.75) is 39.0 Å². The second-order valence-corrected chi connectivity index (χ2v) is 5.85. The lowest BCUT2D eigenvalue weighted by Crippen LogP contribution is -2.29. The van der Waals surface area contributed by atoms with Crippen molar-refractivity contribution >= 4 is 5.69 Å². The van der Waals surface area contributed by atoms with Crippen LogP contribution in [0.2, 0.25) is 0 Å². The number of nitrogen functional groups attached to an aromatic ring is 1. The quantitative estimate of drug-likeness (QED) is 0.808. The fraction of sp³-hybridized carbons (Fsp3) is 0.647. The van der Waals surface area contributed by atoms with Crippen LogP contribution in [-0.2, 0) is 0 Å². The minimum Gasteiger partial charge on any atom is -0.492 e. The predicted molar refractivity (Wildman–Crippen MR) is 85.0 cm³/mol. The summed E-state index contributed by atoms with van der Waals surface area (Å²) in [5.74, 6) is 1.82. The van der Waals surface area contributed by atoms with Crippen LogP contribution in [0.1, 0.15) is 39.0 Å². The molecule has 2 rings (SSSR count). The van der Waals surface area contributed by atoms with E-state index in [0.29, 0.717) is 0 Å². The minimum absolute atomic E-state index is 0.752. The summed E-state index contributed by atoms with van der Waals surface area (Å²) in [5, 5.41) is 0. The minimum atomic E-state index is 0.752. The second kappa shape index (κ2) is 8.15. The van der Waals surface area contributed by atoms with Crippen LogP contribution in [0.15, 0.2) is 24.3 Å². The Morgan fingerprint density at radius 3 is 3.00 bits per heavy atom. The Morgan fingerprint density at radius 1 is 1.30 bits per heavy atom. The maximum atomic E-state index is 5.78. The molecule has 1 heterocycles. The molecule has 0 aromatic heterocycles. The zero-order chi connectivity index (χ0) is 14.2. The van der Waals surface area contributed by atoms with Gasteiger partial charge in [-0.25, -0.2) is 0 Å². The molecule has 0 radical (unpaired) electrons. The summed E-state index contributed by atoms with van der Waals surface area (Å²) < 4.78 is 5.78. The van der Waals surface area contributed by atoms with Gasteiger partial charge in [-0.3, -0.25) is 4.90 Å². The summed E-state index contributed by atoms with van der Waals surface area (Å²) in [6.07, 6.45) is 6.81. The molecule has 3 heteroatoms. The van der Waals surface area contributed by atoms with E-state index < -0.39 is 0 Å². The molecule has 1 atom stereocenters. The first-order chi connectivity index (χ1) is 9.78. The Balaban J connectivity index is 1.69. The Labute approximate surface area is 123 Å². The van der Waals surface area contributed by atoms with E-state index in [2.05, 4.69) is 11.8 Å². The van der Waals surface area contributed by atoms with Crippen molar-refractivity contribution in [3.05, 3.63) is 24.3 Å². The molecule has 0 aliphatic carbocycles. The van der Waals surface area contributed by atoms with Crippen molar-refractivity contribution in [1.82, 2.24) is 4.90 Å². The molecule has 3 nitrogen and oxygen atoms in total. The molecule has 1 aromatic rings. The summed E-state index contributed by atoms with van der Waals surface area (Å²) in [7, 11) is 0. The molecule has 1 fully saturated rings. The van der Waals surface area contributed by atoms with Crippen LogP contribution in [0.4, 0.5) is 5.69 Å². The Morgan fingerprint density at radius 2 is 2.20 bits per heavy atom. The number of nitrogens with two attached hydrogens (primary N) is 1. The number of benzene rings is 1. The van der Waals surface area contributed by atoms with E-state index in [1.807, 2.05) is 24.3 Å². The number of hydrogen-bond acceptors (Lipinski definition) is 3. The van der Waals surface area contributed by atoms with Gasteiger partial charge < -0.3 is 10.5 Å². The number of likely N-dealkylation sites (tertiary alicyclic amines) is 1. The molecule has 1 unspecified atom stereocenters. The lowest BCUT2D eigenvalue weighted by atomic mass is 9.96. The van der Waals surface area contributed by atoms with E-state index in [4.69, 9.17) is 10.5 Å². The monoisotopic (exact) mass is 276 g/mol. The third-order valence-electron chi connectivity index (χ3n) is 4.17. The van der Waals surface area contributed by atoms with Crippen molar-refractivity contribution < 1.29 is 4.74 Å². The molecule has 0 amide bonds. The van der Waals surface area contributed by atoms with Gasteiger partial charge in [-0.15, -0.1) is 0 Å². The van der Waals surface area contributed by atoms with E-state index in [1.165, 1.54) is 45.2 Å². The maximum Gasteiger partial charge on any atom is 0.121 e. The highest BCUT2D eigenvalue weighted by molar-refractivity contribution is 5.43. The van der Waals surface area contributed by atoms with E-state index >= 15 is 0 Å². The number of ether oxygens (including phenoxy) is 1. The molecule has 2 N–H and O–H groups in total. The lowest BCUT2D eigenvalue weighted by Gasteiger charge is -2.20. The van der Waals surface area contributed by atoms with Crippen LogP contribution in [0, 0.1) is 5.92 Å². The van der Waals surface area contributed by atoms with Crippen molar-refractivity contribution in [2.24, 2.45) is 5.92 Å². The summed E-state index contributed by atoms with van der Waals surface area (Å²) in [6.45, 7) is 6.52. The average molecular weight is 276 g/mol. The zero-order valence-corrected chi connectivity index (χ0v) is 12.7. The van der Waals surface area contributed by atoms with Crippen LogP contribution in [0.5, 0.6) is 5.75 Å². The molecule has 1 saturated heterocycles. The van der Waals surface area contributed by atoms with Crippen molar-refractivity contribution in [1.29, 1.82) is 0 Å². The van der Waals surface area contributed by atoms with Gasteiger partial charge in [0.2, 0.25) is 0 Å². The summed E-state index contributed by atoms with van der Waals surface area (Å²) >= 11 is 0. The molecule has 1 aliphatic heterocycles. The summed E-state index contributed by atoms with van der Waals surface area (Å²) in [6, 6.07) is 7.68. The van der Waals surface area contributed by atoms with Gasteiger partial charge in [-0.2, -0.15) is 0 Å². The molecule has 1 aliphatic rings. The van der Waals surface area contributed by atoms with Crippen LogP contribution in [-0.4, -0.2) is 31.1 Å². The van der Waals surface area contributed by atoms with Crippen LogP contribution < -0.4 is 10.5 Å². The number of nitrogens with zero attached hydrogens (tertiary/aromatic N) is 1. The zero-order valence-electron chi connectivity index (χ0n) is 12.7. The Hall–Kier alpha value is -1.22. The summed E-state index contributed by atoms with van der Waals surface area (Å²) in [5.41, 5.74) is 6.51. The van der Waals surface area contributed by atoms with Gasteiger partial charge in [-0.05, 0) is 50.4 Å². The van der Waals surface area contributed by atoms with Crippen molar-refractivity contribution in [2.75, 3.05) is 32.0 Å². The first-order valence-electron chi connectivity index (χ1n) is 7.98. The first kappa shape index (κ1) is 15.2. The topological polar surface area (TPSA) is 38.5 Å². The first-order valence-corrected chi connectivity index (χ1v) is 7.98. The van der Waals surface area contributed by atoms with E-state index in [-0.39, 0.29) is 0 Å². The van der Waals surface area contributed by atoms with Crippen molar-refractivity contribution in [3.8, 4) is 5.75 Å². The van der Waals surface area contributed by atoms with E-state index in [9.17, 15) is 0 Å². The molecular formula is C17H28N2O. The molecular weight excluding hydrogens is 248 g/mol. The van der Waals surface area contributed by atoms with Gasteiger partial charge in [-0.1, -0.05) is 25.8 Å². The highest BCUT2D eigenvalue weighted by atomic mass is 16.5. The maximum absolute atomic E-state index is 5.78. The number of anilines is 1. The molecule has 0 saturated carbocycles. The van der Waals surface area contributed by atoms with E-state index in [0.717, 1.165) is 30.5 Å². The molecule has 0 spiro atoms. The molecule has 1 aromatic carbocycles. The van der Waals surface area contributed by atoms with Crippen LogP contribution in [0.25, 0.3) is 0 Å². The molecule has 112 valence electrons. The van der Waals surface area contributed by atoms with Gasteiger partial charge in [0.15, 0.2) is 0 Å². The predicted octanol–water partition coefficient (Wildman–Crippen LogP) is 3.55. The van der Waals surface area contributed by atoms with E-state index in [1.54, 1.807) is 0 Å². The summed E-state index contributed by atoms with van der Waals surface area (Å²) in [4.78, 5) is 2.54. The highest BCUT2D eigenvalue weighted by Crippen LogP contribution is 2.21. The number of hydrogen-bond donors (Lipinski definition) is 1. The SMILES string of the molecule is CCCC1CCCN(CCOc2cccc(N)c2)CC1. The third kappa shape index (κ3) is 5.04. The normalized spacial score (nSPS) is 20.6. The third-order valence-corrected chi connectivity index (χ3v) is 4.17. The molecule has 20 heavy (non-hydrogen) atoms. The van der Waals surface area contributed by atoms with Gasteiger partial charge in [0.25, 0.3) is 0 Å². The highest BCUT2D eigenvalue weighted by Gasteiger charge is 2.16. The Bertz CT molecular complexity index is 394. The fourth-order valence-corrected chi connectivity index (χ4v) is 3.04. The Kier molecular flexibility index (Phi) is 6.19. The molecule has 0 bridgehead atoms. The standard InChI is InChI=1S/C17H28N2O/c1-2-5-15-6-4-10-19(11-9-15)12-13-20-17-8-3-7-16(18)14-17/h3,7-8,14-15H,2,4-6,9-13,18H2,1H3.